The van der Waals surface area contributed by atoms with Crippen molar-refractivity contribution >= 4 is 28.2 Å². The number of amides is 2. The Hall–Kier alpha value is -3.06. The van der Waals surface area contributed by atoms with Gasteiger partial charge in [0.25, 0.3) is 11.8 Å². The van der Waals surface area contributed by atoms with E-state index in [9.17, 15) is 18.4 Å². The van der Waals surface area contributed by atoms with Crippen molar-refractivity contribution in [3.8, 4) is 11.1 Å². The van der Waals surface area contributed by atoms with Gasteiger partial charge in [0.1, 0.15) is 22.2 Å². The van der Waals surface area contributed by atoms with E-state index in [1.807, 2.05) is 24.3 Å². The topological polar surface area (TPSA) is 72.2 Å². The molecule has 3 aromatic rings. The number of nitrogens with two attached hydrogens (primary N) is 1. The van der Waals surface area contributed by atoms with Gasteiger partial charge in [-0.3, -0.25) is 9.59 Å². The van der Waals surface area contributed by atoms with E-state index in [1.165, 1.54) is 6.07 Å². The van der Waals surface area contributed by atoms with Gasteiger partial charge < -0.3 is 11.1 Å². The zero-order chi connectivity index (χ0) is 22.2. The molecule has 2 aromatic carbocycles. The van der Waals surface area contributed by atoms with Crippen molar-refractivity contribution in [1.82, 2.24) is 0 Å². The molecular formula is C23H22F2N2O2S. The molecule has 1 heterocycles. The molecule has 0 saturated heterocycles. The second-order valence-electron chi connectivity index (χ2n) is 7.98. The highest BCUT2D eigenvalue weighted by Gasteiger charge is 2.25. The highest BCUT2D eigenvalue weighted by Crippen LogP contribution is 2.40. The molecule has 0 radical (unpaired) electrons. The van der Waals surface area contributed by atoms with E-state index in [4.69, 9.17) is 5.73 Å². The van der Waals surface area contributed by atoms with E-state index >= 15 is 0 Å². The van der Waals surface area contributed by atoms with E-state index in [0.717, 1.165) is 39.5 Å². The monoisotopic (exact) mass is 428 g/mol. The van der Waals surface area contributed by atoms with Crippen LogP contribution in [0.1, 0.15) is 51.9 Å². The van der Waals surface area contributed by atoms with Crippen LogP contribution in [0.3, 0.4) is 0 Å². The maximum atomic E-state index is 14.0. The molecule has 0 aliphatic rings. The molecule has 3 N–H and O–H groups in total. The van der Waals surface area contributed by atoms with Gasteiger partial charge in [-0.25, -0.2) is 8.78 Å². The number of rotatable bonds is 4. The van der Waals surface area contributed by atoms with Crippen LogP contribution in [-0.4, -0.2) is 11.8 Å². The molecule has 7 heteroatoms. The van der Waals surface area contributed by atoms with Crippen molar-refractivity contribution in [2.75, 3.05) is 5.32 Å². The normalized spacial score (nSPS) is 11.4. The van der Waals surface area contributed by atoms with Crippen molar-refractivity contribution in [3.05, 3.63) is 75.7 Å². The summed E-state index contributed by atoms with van der Waals surface area (Å²) in [6.07, 6.45) is 0. The van der Waals surface area contributed by atoms with Crippen molar-refractivity contribution in [3.63, 3.8) is 0 Å². The summed E-state index contributed by atoms with van der Waals surface area (Å²) >= 11 is 1.13. The molecular weight excluding hydrogens is 406 g/mol. The molecule has 0 aliphatic carbocycles. The molecule has 4 nitrogen and oxygen atoms in total. The van der Waals surface area contributed by atoms with Crippen molar-refractivity contribution < 1.29 is 18.4 Å². The van der Waals surface area contributed by atoms with Gasteiger partial charge in [0.15, 0.2) is 0 Å². The SMILES string of the molecule is Cc1sc(NC(=O)c2c(F)cccc2F)c(C(N)=O)c1-c1ccc(C(C)(C)C)cc1. The smallest absolute Gasteiger partial charge is 0.262 e. The van der Waals surface area contributed by atoms with Crippen LogP contribution in [0.4, 0.5) is 13.8 Å². The number of carbonyl (C=O) groups excluding carboxylic acids is 2. The summed E-state index contributed by atoms with van der Waals surface area (Å²) < 4.78 is 27.9. The minimum Gasteiger partial charge on any atom is -0.365 e. The summed E-state index contributed by atoms with van der Waals surface area (Å²) in [7, 11) is 0. The van der Waals surface area contributed by atoms with Crippen LogP contribution < -0.4 is 11.1 Å². The number of primary amides is 1. The maximum absolute atomic E-state index is 14.0. The van der Waals surface area contributed by atoms with Gasteiger partial charge in [-0.15, -0.1) is 11.3 Å². The molecule has 0 atom stereocenters. The van der Waals surface area contributed by atoms with Gasteiger partial charge in [0.05, 0.1) is 5.56 Å². The maximum Gasteiger partial charge on any atom is 0.262 e. The molecule has 0 fully saturated rings. The molecule has 0 saturated carbocycles. The first-order valence-electron chi connectivity index (χ1n) is 9.30. The second-order valence-corrected chi connectivity index (χ2v) is 9.20. The first-order valence-corrected chi connectivity index (χ1v) is 10.1. The number of hydrogen-bond donors (Lipinski definition) is 2. The zero-order valence-electron chi connectivity index (χ0n) is 17.1. The lowest BCUT2D eigenvalue weighted by atomic mass is 9.86. The summed E-state index contributed by atoms with van der Waals surface area (Å²) in [4.78, 5) is 25.5. The van der Waals surface area contributed by atoms with Gasteiger partial charge >= 0.3 is 0 Å². The van der Waals surface area contributed by atoms with Crippen molar-refractivity contribution in [2.45, 2.75) is 33.1 Å². The van der Waals surface area contributed by atoms with Crippen molar-refractivity contribution in [2.24, 2.45) is 5.73 Å². The second kappa shape index (κ2) is 7.99. The van der Waals surface area contributed by atoms with Gasteiger partial charge in [0, 0.05) is 10.4 Å². The molecule has 0 spiro atoms. The fourth-order valence-corrected chi connectivity index (χ4v) is 4.31. The molecule has 0 unspecified atom stereocenters. The lowest BCUT2D eigenvalue weighted by Crippen LogP contribution is -2.19. The van der Waals surface area contributed by atoms with E-state index in [1.54, 1.807) is 6.92 Å². The minimum absolute atomic E-state index is 0.0301. The largest absolute Gasteiger partial charge is 0.365 e. The number of anilines is 1. The summed E-state index contributed by atoms with van der Waals surface area (Å²) in [5, 5.41) is 2.61. The molecule has 0 aliphatic heterocycles. The van der Waals surface area contributed by atoms with Crippen LogP contribution >= 0.6 is 11.3 Å². The highest BCUT2D eigenvalue weighted by atomic mass is 32.1. The summed E-state index contributed by atoms with van der Waals surface area (Å²) in [6.45, 7) is 8.09. The van der Waals surface area contributed by atoms with Crippen molar-refractivity contribution in [1.29, 1.82) is 0 Å². The van der Waals surface area contributed by atoms with Crippen LogP contribution in [0.15, 0.2) is 42.5 Å². The van der Waals surface area contributed by atoms with Crippen LogP contribution in [0.2, 0.25) is 0 Å². The van der Waals surface area contributed by atoms with Crippen LogP contribution in [0.5, 0.6) is 0 Å². The lowest BCUT2D eigenvalue weighted by molar-refractivity contribution is 0.100. The molecule has 156 valence electrons. The predicted octanol–water partition coefficient (Wildman–Crippen LogP) is 5.65. The van der Waals surface area contributed by atoms with Crippen LogP contribution in [-0.2, 0) is 5.41 Å². The summed E-state index contributed by atoms with van der Waals surface area (Å²) in [5.74, 6) is -3.69. The van der Waals surface area contributed by atoms with Gasteiger partial charge in [0.2, 0.25) is 0 Å². The summed E-state index contributed by atoms with van der Waals surface area (Å²) in [5.41, 5.74) is 7.47. The Kier molecular flexibility index (Phi) is 5.76. The average molecular weight is 429 g/mol. The third-order valence-corrected chi connectivity index (χ3v) is 5.81. The number of nitrogens with one attached hydrogen (secondary N) is 1. The number of hydrogen-bond acceptors (Lipinski definition) is 3. The number of thiophene rings is 1. The third kappa shape index (κ3) is 4.11. The van der Waals surface area contributed by atoms with Gasteiger partial charge in [-0.1, -0.05) is 51.1 Å². The molecule has 0 bridgehead atoms. The van der Waals surface area contributed by atoms with Gasteiger partial charge in [-0.2, -0.15) is 0 Å². The Balaban J connectivity index is 2.04. The Labute approximate surface area is 177 Å². The first-order chi connectivity index (χ1) is 14.0. The van der Waals surface area contributed by atoms with Gasteiger partial charge in [-0.05, 0) is 35.6 Å². The Morgan fingerprint density at radius 3 is 2.03 bits per heavy atom. The Morgan fingerprint density at radius 2 is 1.53 bits per heavy atom. The molecule has 3 rings (SSSR count). The fraction of sp³-hybridized carbons (Fsp3) is 0.217. The Morgan fingerprint density at radius 1 is 0.967 bits per heavy atom. The lowest BCUT2D eigenvalue weighted by Gasteiger charge is -2.19. The van der Waals surface area contributed by atoms with E-state index in [2.05, 4.69) is 26.1 Å². The number of halogens is 2. The Bertz CT molecular complexity index is 1110. The average Bonchev–Trinajstić information content (AvgIpc) is 2.96. The number of carbonyl (C=O) groups is 2. The molecule has 1 aromatic heterocycles. The standard InChI is InChI=1S/C23H22F2N2O2S/c1-12-17(13-8-10-14(11-9-13)23(2,3)4)19(20(26)28)22(30-12)27-21(29)18-15(24)6-5-7-16(18)25/h5-11H,1-4H3,(H2,26,28)(H,27,29). The van der Waals surface area contributed by atoms with Crippen LogP contribution in [0.25, 0.3) is 11.1 Å². The van der Waals surface area contributed by atoms with E-state index < -0.39 is 29.0 Å². The van der Waals surface area contributed by atoms with E-state index in [0.29, 0.717) is 5.56 Å². The van der Waals surface area contributed by atoms with E-state index in [-0.39, 0.29) is 16.0 Å². The zero-order valence-corrected chi connectivity index (χ0v) is 17.9. The fourth-order valence-electron chi connectivity index (χ4n) is 3.23. The minimum atomic E-state index is -0.987. The first kappa shape index (κ1) is 21.6. The van der Waals surface area contributed by atoms with Crippen LogP contribution in [0, 0.1) is 18.6 Å². The summed E-state index contributed by atoms with van der Waals surface area (Å²) in [6, 6.07) is 10.9. The molecule has 30 heavy (non-hydrogen) atoms. The third-order valence-electron chi connectivity index (χ3n) is 4.79. The number of aryl methyl sites for hydroxylation is 1. The quantitative estimate of drug-likeness (QED) is 0.564. The number of benzene rings is 2. The highest BCUT2D eigenvalue weighted by molar-refractivity contribution is 7.17. The molecule has 2 amide bonds. The predicted molar refractivity (Wildman–Crippen MR) is 116 cm³/mol.